The van der Waals surface area contributed by atoms with Crippen LogP contribution >= 0.6 is 11.8 Å². The average Bonchev–Trinajstić information content (AvgIpc) is 3.23. The van der Waals surface area contributed by atoms with Gasteiger partial charge < -0.3 is 14.6 Å². The number of aryl methyl sites for hydroxylation is 2. The van der Waals surface area contributed by atoms with Gasteiger partial charge in [0, 0.05) is 34.5 Å². The molecule has 1 aromatic carbocycles. The topological polar surface area (TPSA) is 103 Å². The van der Waals surface area contributed by atoms with E-state index in [1.165, 1.54) is 6.26 Å². The highest BCUT2D eigenvalue weighted by atomic mass is 32.2. The first-order chi connectivity index (χ1) is 18.1. The third-order valence-corrected chi connectivity index (χ3v) is 8.72. The van der Waals surface area contributed by atoms with Gasteiger partial charge in [-0.2, -0.15) is 0 Å². The van der Waals surface area contributed by atoms with Gasteiger partial charge in [0.15, 0.2) is 0 Å². The molecule has 1 aliphatic carbocycles. The summed E-state index contributed by atoms with van der Waals surface area (Å²) in [4.78, 5) is 17.0. The van der Waals surface area contributed by atoms with Gasteiger partial charge in [0.05, 0.1) is 30.7 Å². The molecule has 0 saturated carbocycles. The van der Waals surface area contributed by atoms with E-state index in [9.17, 15) is 13.2 Å². The normalized spacial score (nSPS) is 18.1. The first-order valence-electron chi connectivity index (χ1n) is 12.6. The number of ether oxygens (including phenoxy) is 2. The molecular formula is C29H33NO6S2. The monoisotopic (exact) mass is 555 g/mol. The second kappa shape index (κ2) is 12.2. The largest absolute Gasteiger partial charge is 0.494 e. The maximum atomic E-state index is 11.3. The van der Waals surface area contributed by atoms with Crippen molar-refractivity contribution in [2.75, 3.05) is 24.4 Å². The van der Waals surface area contributed by atoms with Crippen LogP contribution in [0.3, 0.4) is 0 Å². The van der Waals surface area contributed by atoms with Gasteiger partial charge in [-0.25, -0.2) is 13.4 Å². The number of aromatic nitrogens is 1. The number of carboxylic acid groups (broad SMARTS) is 1. The predicted octanol–water partition coefficient (Wildman–Crippen LogP) is 5.88. The summed E-state index contributed by atoms with van der Waals surface area (Å²) in [6, 6.07) is 9.65. The van der Waals surface area contributed by atoms with Crippen LogP contribution in [-0.2, 0) is 14.6 Å². The van der Waals surface area contributed by atoms with E-state index in [1.807, 2.05) is 44.2 Å². The Bertz CT molecular complexity index is 1380. The van der Waals surface area contributed by atoms with Crippen molar-refractivity contribution in [2.45, 2.75) is 39.5 Å². The molecule has 202 valence electrons. The number of hydrogen-bond donors (Lipinski definition) is 1. The van der Waals surface area contributed by atoms with Crippen molar-refractivity contribution in [3.63, 3.8) is 0 Å². The van der Waals surface area contributed by atoms with Crippen LogP contribution in [0.15, 0.2) is 64.8 Å². The molecule has 0 amide bonds. The first-order valence-corrected chi connectivity index (χ1v) is 15.7. The molecule has 0 radical (unpaired) electrons. The SMILES string of the molecule is Cc1cc(OCCCCS(C)(=O)=O)cc(C)c1-c1cccc(OC=C2C=C3SCC(CC(=O)O)C3=CC2)n1. The Morgan fingerprint density at radius 2 is 1.97 bits per heavy atom. The summed E-state index contributed by atoms with van der Waals surface area (Å²) >= 11 is 1.70. The van der Waals surface area contributed by atoms with E-state index in [2.05, 4.69) is 12.2 Å². The van der Waals surface area contributed by atoms with Gasteiger partial charge in [0.2, 0.25) is 5.88 Å². The Balaban J connectivity index is 1.40. The van der Waals surface area contributed by atoms with E-state index < -0.39 is 15.8 Å². The standard InChI is InChI=1S/C29H33NO6S2/c1-19-13-23(35-11-4-5-12-38(3,33)34)14-20(2)29(19)25-7-6-8-27(30-25)36-17-21-9-10-24-22(16-28(31)32)18-37-26(24)15-21/h6-8,10,13-15,17,22H,4-5,9,11-12,16,18H2,1-3H3,(H,31,32). The van der Waals surface area contributed by atoms with Crippen molar-refractivity contribution in [3.8, 4) is 22.9 Å². The van der Waals surface area contributed by atoms with Crippen LogP contribution in [0.1, 0.15) is 36.8 Å². The highest BCUT2D eigenvalue weighted by molar-refractivity contribution is 8.03. The lowest BCUT2D eigenvalue weighted by molar-refractivity contribution is -0.137. The minimum atomic E-state index is -2.94. The summed E-state index contributed by atoms with van der Waals surface area (Å²) < 4.78 is 34.3. The van der Waals surface area contributed by atoms with Crippen molar-refractivity contribution in [3.05, 3.63) is 75.9 Å². The van der Waals surface area contributed by atoms with E-state index >= 15 is 0 Å². The van der Waals surface area contributed by atoms with Gasteiger partial charge in [0.25, 0.3) is 0 Å². The Morgan fingerprint density at radius 3 is 2.68 bits per heavy atom. The summed E-state index contributed by atoms with van der Waals surface area (Å²) in [5.74, 6) is 1.54. The highest BCUT2D eigenvalue weighted by Gasteiger charge is 2.29. The van der Waals surface area contributed by atoms with Crippen molar-refractivity contribution in [1.82, 2.24) is 4.98 Å². The smallest absolute Gasteiger partial charge is 0.303 e. The molecule has 4 rings (SSSR count). The van der Waals surface area contributed by atoms with E-state index in [4.69, 9.17) is 19.6 Å². The lowest BCUT2D eigenvalue weighted by Crippen LogP contribution is -2.09. The predicted molar refractivity (Wildman–Crippen MR) is 151 cm³/mol. The van der Waals surface area contributed by atoms with Crippen LogP contribution < -0.4 is 9.47 Å². The van der Waals surface area contributed by atoms with Gasteiger partial charge in [0.1, 0.15) is 15.6 Å². The van der Waals surface area contributed by atoms with Crippen LogP contribution in [0.4, 0.5) is 0 Å². The maximum absolute atomic E-state index is 11.3. The van der Waals surface area contributed by atoms with Crippen LogP contribution in [0, 0.1) is 19.8 Å². The van der Waals surface area contributed by atoms with E-state index in [-0.39, 0.29) is 18.1 Å². The molecule has 7 nitrogen and oxygen atoms in total. The fourth-order valence-electron chi connectivity index (χ4n) is 4.70. The molecule has 1 fully saturated rings. The second-order valence-electron chi connectivity index (χ2n) is 9.77. The number of fused-ring (bicyclic) bond motifs is 1. The number of carboxylic acids is 1. The lowest BCUT2D eigenvalue weighted by Gasteiger charge is -2.15. The lowest BCUT2D eigenvalue weighted by atomic mass is 9.92. The summed E-state index contributed by atoms with van der Waals surface area (Å²) in [5, 5.41) is 9.14. The van der Waals surface area contributed by atoms with Crippen LogP contribution in [0.2, 0.25) is 0 Å². The maximum Gasteiger partial charge on any atom is 0.303 e. The number of benzene rings is 1. The Kier molecular flexibility index (Phi) is 8.99. The summed E-state index contributed by atoms with van der Waals surface area (Å²) in [6.07, 6.45) is 9.29. The van der Waals surface area contributed by atoms with Crippen LogP contribution in [-0.4, -0.2) is 48.8 Å². The summed E-state index contributed by atoms with van der Waals surface area (Å²) in [7, 11) is -2.94. The molecule has 2 aromatic rings. The summed E-state index contributed by atoms with van der Waals surface area (Å²) in [6.45, 7) is 4.51. The van der Waals surface area contributed by atoms with Crippen molar-refractivity contribution < 1.29 is 27.8 Å². The zero-order valence-corrected chi connectivity index (χ0v) is 23.5. The van der Waals surface area contributed by atoms with Gasteiger partial charge in [-0.05, 0) is 79.7 Å². The fourth-order valence-corrected chi connectivity index (χ4v) is 6.76. The van der Waals surface area contributed by atoms with E-state index in [0.29, 0.717) is 31.7 Å². The van der Waals surface area contributed by atoms with Gasteiger partial charge in [-0.3, -0.25) is 4.79 Å². The molecular weight excluding hydrogens is 522 g/mol. The zero-order chi connectivity index (χ0) is 27.3. The summed E-state index contributed by atoms with van der Waals surface area (Å²) in [5.41, 5.74) is 6.05. The molecule has 1 N–H and O–H groups in total. The first kappa shape index (κ1) is 28.0. The number of carbonyl (C=O) groups is 1. The Labute approximate surface area is 228 Å². The Morgan fingerprint density at radius 1 is 1.21 bits per heavy atom. The fraction of sp³-hybridized carbons (Fsp3) is 0.379. The molecule has 0 spiro atoms. The molecule has 2 aliphatic rings. The second-order valence-corrected chi connectivity index (χ2v) is 13.1. The van der Waals surface area contributed by atoms with Gasteiger partial charge in [-0.15, -0.1) is 11.8 Å². The highest BCUT2D eigenvalue weighted by Crippen LogP contribution is 2.45. The van der Waals surface area contributed by atoms with E-state index in [1.54, 1.807) is 18.0 Å². The van der Waals surface area contributed by atoms with Crippen molar-refractivity contribution >= 4 is 27.6 Å². The number of unbranched alkanes of at least 4 members (excludes halogenated alkanes) is 1. The Hall–Kier alpha value is -3.04. The molecule has 9 heteroatoms. The number of hydrogen-bond acceptors (Lipinski definition) is 7. The molecule has 1 atom stereocenters. The van der Waals surface area contributed by atoms with Crippen molar-refractivity contribution in [2.24, 2.45) is 5.92 Å². The van der Waals surface area contributed by atoms with Gasteiger partial charge in [-0.1, -0.05) is 12.1 Å². The molecule has 38 heavy (non-hydrogen) atoms. The molecule has 0 bridgehead atoms. The number of pyridine rings is 1. The minimum Gasteiger partial charge on any atom is -0.494 e. The number of nitrogens with zero attached hydrogens (tertiary/aromatic N) is 1. The molecule has 1 unspecified atom stereocenters. The quantitative estimate of drug-likeness (QED) is 0.271. The number of allylic oxidation sites excluding steroid dienone is 4. The third kappa shape index (κ3) is 7.51. The number of rotatable bonds is 11. The number of sulfone groups is 1. The molecule has 1 saturated heterocycles. The van der Waals surface area contributed by atoms with E-state index in [0.717, 1.165) is 49.9 Å². The van der Waals surface area contributed by atoms with Crippen LogP contribution in [0.25, 0.3) is 11.3 Å². The van der Waals surface area contributed by atoms with Crippen LogP contribution in [0.5, 0.6) is 11.6 Å². The molecule has 1 aliphatic heterocycles. The third-order valence-electron chi connectivity index (χ3n) is 6.45. The minimum absolute atomic E-state index is 0.0766. The zero-order valence-electron chi connectivity index (χ0n) is 21.9. The van der Waals surface area contributed by atoms with Gasteiger partial charge >= 0.3 is 5.97 Å². The van der Waals surface area contributed by atoms with Crippen molar-refractivity contribution in [1.29, 1.82) is 0 Å². The number of thioether (sulfide) groups is 1. The molecule has 2 heterocycles. The number of aliphatic carboxylic acids is 1. The molecule has 1 aromatic heterocycles. The average molecular weight is 556 g/mol.